The van der Waals surface area contributed by atoms with Crippen molar-refractivity contribution in [2.75, 3.05) is 0 Å². The van der Waals surface area contributed by atoms with Crippen molar-refractivity contribution in [2.24, 2.45) is 0 Å². The summed E-state index contributed by atoms with van der Waals surface area (Å²) in [5.41, 5.74) is 5.70. The molecular weight excluding hydrogens is 484 g/mol. The Morgan fingerprint density at radius 2 is 1.15 bits per heavy atom. The highest BCUT2D eigenvalue weighted by molar-refractivity contribution is 6.21. The fraction of sp³-hybridized carbons (Fsp3) is 0.0263. The molecule has 0 fully saturated rings. The summed E-state index contributed by atoms with van der Waals surface area (Å²) >= 11 is 0. The van der Waals surface area contributed by atoms with Crippen LogP contribution < -0.4 is 0 Å². The summed E-state index contributed by atoms with van der Waals surface area (Å²) in [6.45, 7) is 2.00. The van der Waals surface area contributed by atoms with E-state index in [1.165, 1.54) is 0 Å². The largest absolute Gasteiger partial charge is 0.297 e. The standard InChI is InChI=1S/C38H26N2/c1-25-39-35-16-8-9-17-36(35)40(25)30-22-20-27(21-23-30)37-31-12-4-6-14-33(31)38(34-15-7-5-13-32(34)37)29-19-18-26-10-2-3-11-28(26)24-29/h2-24H,1H3/i2D,3D,10D,11D,18D,19D,24D. The Kier molecular flexibility index (Phi) is 3.72. The number of aryl methyl sites for hydroxylation is 1. The Morgan fingerprint density at radius 1 is 0.575 bits per heavy atom. The van der Waals surface area contributed by atoms with Gasteiger partial charge in [0, 0.05) is 5.69 Å². The minimum atomic E-state index is -0.481. The second-order valence-corrected chi connectivity index (χ2v) is 9.87. The third-order valence-corrected chi connectivity index (χ3v) is 7.57. The zero-order chi connectivity index (χ0) is 32.7. The second kappa shape index (κ2) is 8.93. The van der Waals surface area contributed by atoms with Crippen molar-refractivity contribution >= 4 is 43.4 Å². The summed E-state index contributed by atoms with van der Waals surface area (Å²) < 4.78 is 62.9. The number of hydrogen-bond acceptors (Lipinski definition) is 1. The van der Waals surface area contributed by atoms with Crippen molar-refractivity contribution in [3.63, 3.8) is 0 Å². The van der Waals surface area contributed by atoms with Crippen LogP contribution in [0.25, 0.3) is 71.3 Å². The Hall–Kier alpha value is -5.21. The molecule has 40 heavy (non-hydrogen) atoms. The normalized spacial score (nSPS) is 14.1. The molecule has 0 N–H and O–H groups in total. The monoisotopic (exact) mass is 517 g/mol. The molecule has 0 bridgehead atoms. The van der Waals surface area contributed by atoms with Crippen molar-refractivity contribution < 1.29 is 9.60 Å². The molecule has 8 rings (SSSR count). The average molecular weight is 518 g/mol. The molecule has 0 unspecified atom stereocenters. The number of hydrogen-bond donors (Lipinski definition) is 0. The maximum absolute atomic E-state index is 9.30. The number of nitrogens with zero attached hydrogens (tertiary/aromatic N) is 2. The molecule has 0 aliphatic rings. The Balaban J connectivity index is 1.43. The molecule has 1 heterocycles. The van der Waals surface area contributed by atoms with Crippen LogP contribution in [0.15, 0.2) is 139 Å². The van der Waals surface area contributed by atoms with Crippen molar-refractivity contribution in [1.29, 1.82) is 0 Å². The minimum absolute atomic E-state index is 0.0536. The van der Waals surface area contributed by atoms with E-state index in [1.807, 2.05) is 73.7 Å². The van der Waals surface area contributed by atoms with E-state index in [0.717, 1.165) is 55.2 Å². The summed E-state index contributed by atoms with van der Waals surface area (Å²) in [6, 6.07) is 29.6. The van der Waals surface area contributed by atoms with Crippen LogP contribution in [0.5, 0.6) is 0 Å². The summed E-state index contributed by atoms with van der Waals surface area (Å²) in [4.78, 5) is 4.73. The van der Waals surface area contributed by atoms with E-state index in [1.54, 1.807) is 0 Å². The van der Waals surface area contributed by atoms with Crippen molar-refractivity contribution in [2.45, 2.75) is 6.92 Å². The molecule has 0 aliphatic carbocycles. The summed E-state index contributed by atoms with van der Waals surface area (Å²) in [7, 11) is 0. The van der Waals surface area contributed by atoms with E-state index in [2.05, 4.69) is 34.9 Å². The van der Waals surface area contributed by atoms with Gasteiger partial charge in [-0.3, -0.25) is 4.57 Å². The van der Waals surface area contributed by atoms with Crippen LogP contribution in [-0.2, 0) is 0 Å². The molecule has 0 saturated heterocycles. The van der Waals surface area contributed by atoms with Gasteiger partial charge in [-0.05, 0) is 91.8 Å². The lowest BCUT2D eigenvalue weighted by atomic mass is 9.85. The molecule has 0 saturated carbocycles. The lowest BCUT2D eigenvalue weighted by molar-refractivity contribution is 1.00. The zero-order valence-electron chi connectivity index (χ0n) is 28.6. The van der Waals surface area contributed by atoms with Crippen LogP contribution >= 0.6 is 0 Å². The van der Waals surface area contributed by atoms with Crippen LogP contribution in [0.4, 0.5) is 0 Å². The van der Waals surface area contributed by atoms with Crippen LogP contribution in [-0.4, -0.2) is 9.55 Å². The quantitative estimate of drug-likeness (QED) is 0.213. The fourth-order valence-electron chi connectivity index (χ4n) is 5.86. The van der Waals surface area contributed by atoms with Gasteiger partial charge in [0.05, 0.1) is 20.6 Å². The van der Waals surface area contributed by atoms with Crippen LogP contribution in [0.2, 0.25) is 0 Å². The highest BCUT2D eigenvalue weighted by atomic mass is 15.1. The summed E-state index contributed by atoms with van der Waals surface area (Å²) in [5, 5.41) is 3.20. The minimum Gasteiger partial charge on any atom is -0.297 e. The molecule has 0 spiro atoms. The van der Waals surface area contributed by atoms with Gasteiger partial charge in [-0.15, -0.1) is 0 Å². The molecule has 8 aromatic rings. The number of imidazole rings is 1. The maximum Gasteiger partial charge on any atom is 0.111 e. The fourth-order valence-corrected chi connectivity index (χ4v) is 5.86. The summed E-state index contributed by atoms with van der Waals surface area (Å²) in [5.74, 6) is 0.894. The van der Waals surface area contributed by atoms with Gasteiger partial charge in [0.25, 0.3) is 0 Å². The Bertz CT molecular complexity index is 2550. The van der Waals surface area contributed by atoms with Gasteiger partial charge in [0.15, 0.2) is 0 Å². The van der Waals surface area contributed by atoms with E-state index in [-0.39, 0.29) is 40.5 Å². The lowest BCUT2D eigenvalue weighted by Gasteiger charge is -2.18. The summed E-state index contributed by atoms with van der Waals surface area (Å²) in [6.07, 6.45) is 0. The molecule has 0 amide bonds. The molecule has 0 atom stereocenters. The van der Waals surface area contributed by atoms with E-state index in [0.29, 0.717) is 5.56 Å². The predicted molar refractivity (Wildman–Crippen MR) is 169 cm³/mol. The molecule has 2 nitrogen and oxygen atoms in total. The number of benzene rings is 7. The number of aromatic nitrogens is 2. The Morgan fingerprint density at radius 3 is 1.82 bits per heavy atom. The van der Waals surface area contributed by atoms with E-state index in [4.69, 9.17) is 13.2 Å². The van der Waals surface area contributed by atoms with Crippen LogP contribution in [0, 0.1) is 6.92 Å². The Labute approximate surface area is 242 Å². The van der Waals surface area contributed by atoms with E-state index >= 15 is 0 Å². The predicted octanol–water partition coefficient (Wildman–Crippen LogP) is 10.1. The van der Waals surface area contributed by atoms with E-state index in [9.17, 15) is 1.37 Å². The van der Waals surface area contributed by atoms with Gasteiger partial charge >= 0.3 is 0 Å². The molecular formula is C38H26N2. The number of rotatable bonds is 3. The van der Waals surface area contributed by atoms with Gasteiger partial charge in [-0.25, -0.2) is 4.98 Å². The van der Waals surface area contributed by atoms with Crippen molar-refractivity contribution in [1.82, 2.24) is 9.55 Å². The maximum atomic E-state index is 9.30. The molecule has 0 aliphatic heterocycles. The highest BCUT2D eigenvalue weighted by Crippen LogP contribution is 2.44. The zero-order valence-corrected chi connectivity index (χ0v) is 21.6. The van der Waals surface area contributed by atoms with Crippen molar-refractivity contribution in [3.8, 4) is 27.9 Å². The number of fused-ring (bicyclic) bond motifs is 4. The third-order valence-electron chi connectivity index (χ3n) is 7.57. The van der Waals surface area contributed by atoms with Gasteiger partial charge in [0.2, 0.25) is 0 Å². The molecule has 7 aromatic carbocycles. The molecule has 1 aromatic heterocycles. The third kappa shape index (κ3) is 3.47. The first-order chi connectivity index (χ1) is 22.7. The topological polar surface area (TPSA) is 17.8 Å². The first-order valence-electron chi connectivity index (χ1n) is 16.7. The average Bonchev–Trinajstić information content (AvgIpc) is 3.43. The van der Waals surface area contributed by atoms with Gasteiger partial charge < -0.3 is 0 Å². The van der Waals surface area contributed by atoms with Crippen LogP contribution in [0.1, 0.15) is 15.4 Å². The van der Waals surface area contributed by atoms with Gasteiger partial charge in [-0.1, -0.05) is 109 Å². The lowest BCUT2D eigenvalue weighted by Crippen LogP contribution is -1.97. The second-order valence-electron chi connectivity index (χ2n) is 9.87. The molecule has 188 valence electrons. The van der Waals surface area contributed by atoms with Gasteiger partial charge in [-0.2, -0.15) is 0 Å². The van der Waals surface area contributed by atoms with Gasteiger partial charge in [0.1, 0.15) is 5.82 Å². The smallest absolute Gasteiger partial charge is 0.111 e. The van der Waals surface area contributed by atoms with Crippen LogP contribution in [0.3, 0.4) is 0 Å². The first kappa shape index (κ1) is 16.7. The number of para-hydroxylation sites is 2. The van der Waals surface area contributed by atoms with Crippen molar-refractivity contribution in [3.05, 3.63) is 145 Å². The first-order valence-corrected chi connectivity index (χ1v) is 13.2. The van der Waals surface area contributed by atoms with E-state index < -0.39 is 18.1 Å². The SMILES string of the molecule is [2H]c1c([2H])c([2H])c2c([2H])c(-c3c4ccccc4c(-c4ccc(-n5c(C)nc6ccccc65)cc4)c4ccccc34)c([2H])c([2H])c2c1[2H]. The molecule has 0 radical (unpaired) electrons. The molecule has 2 heteroatoms. The highest BCUT2D eigenvalue weighted by Gasteiger charge is 2.17.